The van der Waals surface area contributed by atoms with E-state index >= 15 is 0 Å². The number of carbonyl (C=O) groups excluding carboxylic acids is 1. The van der Waals surface area contributed by atoms with Gasteiger partial charge in [0, 0.05) is 17.7 Å². The number of carbonyl (C=O) groups is 1. The van der Waals surface area contributed by atoms with Crippen LogP contribution in [0, 0.1) is 0 Å². The molecule has 0 aromatic heterocycles. The van der Waals surface area contributed by atoms with Crippen molar-refractivity contribution in [1.29, 1.82) is 0 Å². The van der Waals surface area contributed by atoms with Crippen LogP contribution in [-0.2, 0) is 0 Å². The van der Waals surface area contributed by atoms with E-state index in [2.05, 4.69) is 15.8 Å². The fraction of sp³-hybridized carbons (Fsp3) is 0.182. The van der Waals surface area contributed by atoms with Gasteiger partial charge in [0.25, 0.3) is 0 Å². The maximum absolute atomic E-state index is 10.8. The summed E-state index contributed by atoms with van der Waals surface area (Å²) in [5.41, 5.74) is 3.12. The van der Waals surface area contributed by atoms with Gasteiger partial charge in [-0.05, 0) is 19.1 Å². The second-order valence-corrected chi connectivity index (χ2v) is 3.51. The number of hydrogen-bond donors (Lipinski definition) is 2. The molecule has 0 radical (unpaired) electrons. The summed E-state index contributed by atoms with van der Waals surface area (Å²) in [7, 11) is 0. The van der Waals surface area contributed by atoms with Gasteiger partial charge in [0.2, 0.25) is 0 Å². The molecule has 0 spiro atoms. The van der Waals surface area contributed by atoms with Crippen LogP contribution >= 0.6 is 12.2 Å². The van der Waals surface area contributed by atoms with Gasteiger partial charge in [-0.1, -0.05) is 24.3 Å². The molecule has 2 N–H and O–H groups in total. The van der Waals surface area contributed by atoms with Crippen molar-refractivity contribution in [1.82, 2.24) is 10.7 Å². The Labute approximate surface area is 105 Å². The van der Waals surface area contributed by atoms with Crippen LogP contribution in [0.3, 0.4) is 0 Å². The third-order valence-corrected chi connectivity index (χ3v) is 2.12. The van der Waals surface area contributed by atoms with Crippen molar-refractivity contribution in [2.75, 3.05) is 6.54 Å². The highest BCUT2D eigenvalue weighted by Gasteiger charge is 1.99. The summed E-state index contributed by atoms with van der Waals surface area (Å²) < 4.78 is 0. The summed E-state index contributed by atoms with van der Waals surface area (Å²) in [6, 6.07) is 6.43. The smallest absolute Gasteiger partial charge is 0.186 e. The highest BCUT2D eigenvalue weighted by Crippen LogP contribution is 2.04. The van der Waals surface area contributed by atoms with Crippen molar-refractivity contribution in [2.24, 2.45) is 5.10 Å². The Morgan fingerprint density at radius 2 is 2.24 bits per heavy atom. The molecule has 0 fully saturated rings. The van der Waals surface area contributed by atoms with Gasteiger partial charge in [-0.25, -0.2) is 0 Å². The van der Waals surface area contributed by atoms with E-state index in [1.54, 1.807) is 18.2 Å². The van der Waals surface area contributed by atoms with Crippen molar-refractivity contribution in [3.05, 3.63) is 35.4 Å². The van der Waals surface area contributed by atoms with Gasteiger partial charge in [-0.3, -0.25) is 5.43 Å². The molecule has 0 atom stereocenters. The lowest BCUT2D eigenvalue weighted by atomic mass is 10.1. The van der Waals surface area contributed by atoms with E-state index in [1.165, 1.54) is 12.3 Å². The highest BCUT2D eigenvalue weighted by atomic mass is 32.1. The summed E-state index contributed by atoms with van der Waals surface area (Å²) in [6.07, 6.45) is 1.38. The van der Waals surface area contributed by atoms with Crippen molar-refractivity contribution in [2.45, 2.75) is 6.92 Å². The Kier molecular flexibility index (Phi) is 5.09. The molecule has 0 aliphatic rings. The summed E-state index contributed by atoms with van der Waals surface area (Å²) >= 11 is 4.89. The molecule has 6 heteroatoms. The first kappa shape index (κ1) is 13.1. The maximum atomic E-state index is 10.8. The number of rotatable bonds is 4. The summed E-state index contributed by atoms with van der Waals surface area (Å²) in [5, 5.41) is 17.9. The molecule has 0 heterocycles. The number of hydrazone groups is 1. The molecule has 90 valence electrons. The lowest BCUT2D eigenvalue weighted by Crippen LogP contribution is -2.31. The highest BCUT2D eigenvalue weighted by molar-refractivity contribution is 7.80. The van der Waals surface area contributed by atoms with Gasteiger partial charge < -0.3 is 15.2 Å². The molecule has 0 saturated carbocycles. The third kappa shape index (κ3) is 4.20. The number of aromatic carboxylic acids is 1. The normalized spacial score (nSPS) is 10.2. The Balaban J connectivity index is 2.71. The maximum Gasteiger partial charge on any atom is 0.186 e. The minimum atomic E-state index is -1.23. The quantitative estimate of drug-likeness (QED) is 0.442. The van der Waals surface area contributed by atoms with Crippen LogP contribution in [0.2, 0.25) is 0 Å². The first-order chi connectivity index (χ1) is 8.15. The molecule has 1 aromatic carbocycles. The number of nitrogens with zero attached hydrogens (tertiary/aromatic N) is 1. The van der Waals surface area contributed by atoms with Crippen LogP contribution in [0.15, 0.2) is 29.4 Å². The van der Waals surface area contributed by atoms with Crippen molar-refractivity contribution in [3.8, 4) is 0 Å². The van der Waals surface area contributed by atoms with E-state index in [0.29, 0.717) is 17.2 Å². The molecule has 1 aromatic rings. The van der Waals surface area contributed by atoms with Crippen LogP contribution in [0.1, 0.15) is 22.8 Å². The van der Waals surface area contributed by atoms with Crippen molar-refractivity contribution in [3.63, 3.8) is 0 Å². The van der Waals surface area contributed by atoms with E-state index in [-0.39, 0.29) is 5.56 Å². The second-order valence-electron chi connectivity index (χ2n) is 3.10. The molecular formula is C11H12N3O2S-. The fourth-order valence-corrected chi connectivity index (χ4v) is 1.35. The van der Waals surface area contributed by atoms with Crippen molar-refractivity contribution >= 4 is 29.5 Å². The summed E-state index contributed by atoms with van der Waals surface area (Å²) in [6.45, 7) is 2.60. The lowest BCUT2D eigenvalue weighted by molar-refractivity contribution is -0.255. The predicted octanol–water partition coefficient (Wildman–Crippen LogP) is -0.132. The van der Waals surface area contributed by atoms with Gasteiger partial charge >= 0.3 is 0 Å². The zero-order chi connectivity index (χ0) is 12.7. The number of hydrogen-bond acceptors (Lipinski definition) is 4. The molecule has 5 nitrogen and oxygen atoms in total. The third-order valence-electron chi connectivity index (χ3n) is 1.89. The topological polar surface area (TPSA) is 76.5 Å². The Morgan fingerprint density at radius 3 is 2.88 bits per heavy atom. The minimum Gasteiger partial charge on any atom is -0.545 e. The van der Waals surface area contributed by atoms with Gasteiger partial charge in [0.1, 0.15) is 0 Å². The molecule has 0 amide bonds. The zero-order valence-corrected chi connectivity index (χ0v) is 10.1. The standard InChI is InChI=1S/C11H13N3O2S/c1-2-12-11(17)14-13-7-8-5-3-4-6-9(8)10(15)16/h3-7H,2H2,1H3,(H,15,16)(H2,12,14,17)/p-1/b13-7-. The fourth-order valence-electron chi connectivity index (χ4n) is 1.16. The van der Waals surface area contributed by atoms with Crippen LogP contribution in [0.5, 0.6) is 0 Å². The van der Waals surface area contributed by atoms with E-state index < -0.39 is 5.97 Å². The number of thiocarbonyl (C=S) groups is 1. The van der Waals surface area contributed by atoms with E-state index in [1.807, 2.05) is 6.92 Å². The monoisotopic (exact) mass is 250 g/mol. The number of carboxylic acid groups (broad SMARTS) is 1. The summed E-state index contributed by atoms with van der Waals surface area (Å²) in [5.74, 6) is -1.23. The largest absolute Gasteiger partial charge is 0.545 e. The van der Waals surface area contributed by atoms with Crippen LogP contribution in [0.25, 0.3) is 0 Å². The Morgan fingerprint density at radius 1 is 1.53 bits per heavy atom. The van der Waals surface area contributed by atoms with Gasteiger partial charge in [-0.2, -0.15) is 5.10 Å². The molecule has 0 saturated heterocycles. The van der Waals surface area contributed by atoms with E-state index in [9.17, 15) is 9.90 Å². The minimum absolute atomic E-state index is 0.0902. The molecule has 1 rings (SSSR count). The predicted molar refractivity (Wildman–Crippen MR) is 67.8 cm³/mol. The number of carboxylic acids is 1. The van der Waals surface area contributed by atoms with Gasteiger partial charge in [0.15, 0.2) is 5.11 Å². The molecular weight excluding hydrogens is 238 g/mol. The Hall–Kier alpha value is -1.95. The SMILES string of the molecule is CCNC(=S)N/N=C\c1ccccc1C(=O)[O-]. The van der Waals surface area contributed by atoms with E-state index in [0.717, 1.165) is 0 Å². The van der Waals surface area contributed by atoms with Crippen molar-refractivity contribution < 1.29 is 9.90 Å². The molecule has 0 bridgehead atoms. The lowest BCUT2D eigenvalue weighted by Gasteiger charge is -2.06. The number of nitrogens with one attached hydrogen (secondary N) is 2. The first-order valence-corrected chi connectivity index (χ1v) is 5.43. The van der Waals surface area contributed by atoms with Gasteiger partial charge in [-0.15, -0.1) is 0 Å². The average molecular weight is 250 g/mol. The average Bonchev–Trinajstić information content (AvgIpc) is 2.30. The Bertz CT molecular complexity index is 446. The summed E-state index contributed by atoms with van der Waals surface area (Å²) in [4.78, 5) is 10.8. The zero-order valence-electron chi connectivity index (χ0n) is 9.27. The van der Waals surface area contributed by atoms with Gasteiger partial charge in [0.05, 0.1) is 12.2 Å². The molecule has 0 aliphatic heterocycles. The van der Waals surface area contributed by atoms with Crippen LogP contribution in [0.4, 0.5) is 0 Å². The van der Waals surface area contributed by atoms with E-state index in [4.69, 9.17) is 12.2 Å². The molecule has 0 aliphatic carbocycles. The first-order valence-electron chi connectivity index (χ1n) is 5.02. The van der Waals surface area contributed by atoms with Crippen LogP contribution < -0.4 is 15.8 Å². The number of benzene rings is 1. The molecule has 17 heavy (non-hydrogen) atoms. The van der Waals surface area contributed by atoms with Crippen LogP contribution in [-0.4, -0.2) is 23.8 Å². The second kappa shape index (κ2) is 6.59. The molecule has 0 unspecified atom stereocenters.